The fraction of sp³-hybridized carbons (Fsp3) is 0.167. The lowest BCUT2D eigenvalue weighted by Crippen LogP contribution is -2.17. The molecular formula is C18H15FN6O2. The zero-order chi connectivity index (χ0) is 19.2. The van der Waals surface area contributed by atoms with Crippen molar-refractivity contribution in [3.63, 3.8) is 0 Å². The smallest absolute Gasteiger partial charge is 0.269 e. The molecule has 0 spiro atoms. The molecule has 2 aromatic heterocycles. The molecule has 0 amide bonds. The zero-order valence-corrected chi connectivity index (χ0v) is 14.1. The van der Waals surface area contributed by atoms with Crippen LogP contribution >= 0.6 is 0 Å². The van der Waals surface area contributed by atoms with Gasteiger partial charge in [-0.1, -0.05) is 18.2 Å². The first-order valence-corrected chi connectivity index (χ1v) is 7.99. The van der Waals surface area contributed by atoms with Crippen LogP contribution in [0.5, 0.6) is 0 Å². The summed E-state index contributed by atoms with van der Waals surface area (Å²) in [5, 5.41) is 8.80. The van der Waals surface area contributed by atoms with Crippen LogP contribution in [0.4, 0.5) is 4.39 Å². The molecule has 0 aromatic carbocycles. The Morgan fingerprint density at radius 2 is 2.41 bits per heavy atom. The maximum atomic E-state index is 13.9. The Bertz CT molecular complexity index is 1040. The minimum Gasteiger partial charge on any atom is -0.443 e. The van der Waals surface area contributed by atoms with Crippen molar-refractivity contribution in [3.05, 3.63) is 76.2 Å². The Hall–Kier alpha value is -3.80. The van der Waals surface area contributed by atoms with E-state index in [4.69, 9.17) is 15.4 Å². The van der Waals surface area contributed by atoms with Crippen molar-refractivity contribution in [1.29, 1.82) is 5.26 Å². The lowest BCUT2D eigenvalue weighted by atomic mass is 10.0. The summed E-state index contributed by atoms with van der Waals surface area (Å²) >= 11 is 0. The van der Waals surface area contributed by atoms with Gasteiger partial charge >= 0.3 is 0 Å². The first-order chi connectivity index (χ1) is 13.1. The van der Waals surface area contributed by atoms with E-state index in [1.54, 1.807) is 24.3 Å². The average molecular weight is 366 g/mol. The van der Waals surface area contributed by atoms with Crippen LogP contribution in [0.1, 0.15) is 23.7 Å². The van der Waals surface area contributed by atoms with Crippen molar-refractivity contribution >= 4 is 11.4 Å². The molecule has 27 heavy (non-hydrogen) atoms. The predicted octanol–water partition coefficient (Wildman–Crippen LogP) is 1.64. The van der Waals surface area contributed by atoms with Crippen molar-refractivity contribution in [2.45, 2.75) is 12.6 Å². The van der Waals surface area contributed by atoms with Gasteiger partial charge in [-0.3, -0.25) is 9.79 Å². The third kappa shape index (κ3) is 4.24. The number of hydrogen-bond acceptors (Lipinski definition) is 7. The summed E-state index contributed by atoms with van der Waals surface area (Å²) in [6, 6.07) is 1.72. The van der Waals surface area contributed by atoms with Crippen LogP contribution in [-0.2, 0) is 0 Å². The molecule has 0 radical (unpaired) electrons. The number of aromatic amines is 1. The summed E-state index contributed by atoms with van der Waals surface area (Å²) < 4.78 is 19.2. The second-order valence-corrected chi connectivity index (χ2v) is 5.60. The highest BCUT2D eigenvalue weighted by Crippen LogP contribution is 2.17. The summed E-state index contributed by atoms with van der Waals surface area (Å²) in [5.41, 5.74) is 6.15. The van der Waals surface area contributed by atoms with E-state index in [1.165, 1.54) is 18.5 Å². The van der Waals surface area contributed by atoms with Crippen molar-refractivity contribution in [1.82, 2.24) is 15.0 Å². The van der Waals surface area contributed by atoms with Gasteiger partial charge in [-0.25, -0.2) is 14.4 Å². The second kappa shape index (κ2) is 8.05. The van der Waals surface area contributed by atoms with Gasteiger partial charge in [0.1, 0.15) is 29.8 Å². The van der Waals surface area contributed by atoms with Crippen molar-refractivity contribution < 1.29 is 8.81 Å². The van der Waals surface area contributed by atoms with Crippen LogP contribution < -0.4 is 11.3 Å². The number of halogens is 1. The van der Waals surface area contributed by atoms with E-state index in [0.29, 0.717) is 12.0 Å². The number of nitrogens with two attached hydrogens (primary N) is 1. The van der Waals surface area contributed by atoms with E-state index in [-0.39, 0.29) is 35.2 Å². The van der Waals surface area contributed by atoms with Crippen LogP contribution in [0.25, 0.3) is 5.70 Å². The lowest BCUT2D eigenvalue weighted by Gasteiger charge is -2.12. The van der Waals surface area contributed by atoms with Gasteiger partial charge in [0.2, 0.25) is 5.89 Å². The normalized spacial score (nSPS) is 17.5. The van der Waals surface area contributed by atoms with Crippen LogP contribution in [0, 0.1) is 11.3 Å². The maximum absolute atomic E-state index is 13.9. The second-order valence-electron chi connectivity index (χ2n) is 5.60. The van der Waals surface area contributed by atoms with Crippen molar-refractivity contribution in [2.24, 2.45) is 10.7 Å². The summed E-state index contributed by atoms with van der Waals surface area (Å²) in [4.78, 5) is 26.5. The fourth-order valence-corrected chi connectivity index (χ4v) is 2.34. The molecule has 1 unspecified atom stereocenters. The van der Waals surface area contributed by atoms with Gasteiger partial charge in [0.15, 0.2) is 5.82 Å². The number of hydrogen-bond donors (Lipinski definition) is 2. The Labute approximate surface area is 153 Å². The van der Waals surface area contributed by atoms with Gasteiger partial charge < -0.3 is 15.1 Å². The zero-order valence-electron chi connectivity index (χ0n) is 14.1. The number of nitrogens with zero attached hydrogens (tertiary/aromatic N) is 4. The largest absolute Gasteiger partial charge is 0.443 e. The third-order valence-corrected chi connectivity index (χ3v) is 3.76. The maximum Gasteiger partial charge on any atom is 0.269 e. The standard InChI is InChI=1S/C18H15FN6O2/c19-13-4-2-1-3-11(13)9-23-15(18-22-5-6-27-18)7-14(21)16-24-10-12(8-20)17(26)25-16/h1-3,5-7,10,13H,4,9,21H2,(H,24,25,26). The molecule has 1 atom stereocenters. The Morgan fingerprint density at radius 1 is 1.56 bits per heavy atom. The lowest BCUT2D eigenvalue weighted by molar-refractivity contribution is 0.379. The van der Waals surface area contributed by atoms with E-state index in [2.05, 4.69) is 19.9 Å². The number of H-pyrrole nitrogens is 1. The molecule has 2 heterocycles. The number of allylic oxidation sites excluding steroid dienone is 4. The molecular weight excluding hydrogens is 351 g/mol. The SMILES string of the molecule is N#Cc1cnc(C(N)=CC(=NCC2=CC=CCC2F)c2ncco2)[nH]c1=O. The molecule has 0 fully saturated rings. The van der Waals surface area contributed by atoms with E-state index >= 15 is 0 Å². The number of alkyl halides is 1. The fourth-order valence-electron chi connectivity index (χ4n) is 2.34. The Kier molecular flexibility index (Phi) is 5.37. The molecule has 3 rings (SSSR count). The third-order valence-electron chi connectivity index (χ3n) is 3.76. The molecule has 0 saturated heterocycles. The monoisotopic (exact) mass is 366 g/mol. The predicted molar refractivity (Wildman–Crippen MR) is 96.4 cm³/mol. The summed E-state index contributed by atoms with van der Waals surface area (Å²) in [6.07, 6.45) is 9.78. The Balaban J connectivity index is 1.93. The van der Waals surface area contributed by atoms with E-state index in [0.717, 1.165) is 6.20 Å². The minimum absolute atomic E-state index is 0.0708. The molecule has 1 aliphatic carbocycles. The molecule has 136 valence electrons. The van der Waals surface area contributed by atoms with E-state index in [9.17, 15) is 9.18 Å². The van der Waals surface area contributed by atoms with Crippen molar-refractivity contribution in [2.75, 3.05) is 6.54 Å². The van der Waals surface area contributed by atoms with Crippen LogP contribution in [0.3, 0.4) is 0 Å². The number of aliphatic imine (C=N–C) groups is 1. The van der Waals surface area contributed by atoms with Gasteiger partial charge in [-0.15, -0.1) is 0 Å². The number of oxazole rings is 1. The molecule has 2 aromatic rings. The molecule has 8 nitrogen and oxygen atoms in total. The summed E-state index contributed by atoms with van der Waals surface area (Å²) in [5.74, 6) is 0.262. The highest BCUT2D eigenvalue weighted by Gasteiger charge is 2.15. The summed E-state index contributed by atoms with van der Waals surface area (Å²) in [6.45, 7) is 0.102. The van der Waals surface area contributed by atoms with Gasteiger partial charge in [0, 0.05) is 6.42 Å². The quantitative estimate of drug-likeness (QED) is 0.773. The topological polar surface area (TPSA) is 134 Å². The first kappa shape index (κ1) is 18.0. The number of rotatable bonds is 5. The number of nitriles is 1. The first-order valence-electron chi connectivity index (χ1n) is 7.99. The van der Waals surface area contributed by atoms with Crippen molar-refractivity contribution in [3.8, 4) is 6.07 Å². The van der Waals surface area contributed by atoms with Crippen LogP contribution in [0.2, 0.25) is 0 Å². The molecule has 9 heteroatoms. The number of aromatic nitrogens is 3. The summed E-state index contributed by atoms with van der Waals surface area (Å²) in [7, 11) is 0. The van der Waals surface area contributed by atoms with Gasteiger partial charge in [-0.2, -0.15) is 5.26 Å². The van der Waals surface area contributed by atoms with E-state index in [1.807, 2.05) is 0 Å². The highest BCUT2D eigenvalue weighted by molar-refractivity contribution is 6.09. The van der Waals surface area contributed by atoms with Crippen LogP contribution in [-0.4, -0.2) is 33.4 Å². The average Bonchev–Trinajstić information content (AvgIpc) is 3.20. The molecule has 0 aliphatic heterocycles. The molecule has 1 aliphatic rings. The highest BCUT2D eigenvalue weighted by atomic mass is 19.1. The molecule has 0 saturated carbocycles. The van der Waals surface area contributed by atoms with Gasteiger partial charge in [0.25, 0.3) is 5.56 Å². The van der Waals surface area contributed by atoms with E-state index < -0.39 is 11.7 Å². The minimum atomic E-state index is -1.09. The molecule has 0 bridgehead atoms. The Morgan fingerprint density at radius 3 is 3.07 bits per heavy atom. The van der Waals surface area contributed by atoms with Crippen LogP contribution in [0.15, 0.2) is 62.7 Å². The van der Waals surface area contributed by atoms with Gasteiger partial charge in [-0.05, 0) is 11.6 Å². The number of nitrogens with one attached hydrogen (secondary N) is 1. The molecule has 3 N–H and O–H groups in total. The van der Waals surface area contributed by atoms with Gasteiger partial charge in [0.05, 0.1) is 24.6 Å².